The highest BCUT2D eigenvalue weighted by Crippen LogP contribution is 2.30. The van der Waals surface area contributed by atoms with Crippen molar-refractivity contribution in [3.05, 3.63) is 69.0 Å². The summed E-state index contributed by atoms with van der Waals surface area (Å²) in [6.07, 6.45) is 2.03. The minimum Gasteiger partial charge on any atom is -0.376 e. The van der Waals surface area contributed by atoms with Crippen molar-refractivity contribution >= 4 is 49.9 Å². The van der Waals surface area contributed by atoms with Crippen molar-refractivity contribution in [2.75, 3.05) is 18.1 Å². The number of anilines is 1. The lowest BCUT2D eigenvalue weighted by Gasteiger charge is -2.23. The molecule has 0 spiro atoms. The summed E-state index contributed by atoms with van der Waals surface area (Å²) in [6.45, 7) is 1.25. The Morgan fingerprint density at radius 3 is 2.64 bits per heavy atom. The van der Waals surface area contributed by atoms with E-state index in [-0.39, 0.29) is 12.0 Å². The molecule has 0 N–H and O–H groups in total. The fraction of sp³-hybridized carbons (Fsp3) is 0.238. The van der Waals surface area contributed by atoms with E-state index in [0.717, 1.165) is 35.2 Å². The van der Waals surface area contributed by atoms with Gasteiger partial charge in [-0.25, -0.2) is 4.98 Å². The summed E-state index contributed by atoms with van der Waals surface area (Å²) >= 11 is 10.9. The number of nitrogens with zero attached hydrogens (tertiary/aromatic N) is 2. The van der Waals surface area contributed by atoms with Crippen LogP contribution in [0.15, 0.2) is 58.4 Å². The van der Waals surface area contributed by atoms with Crippen LogP contribution in [0.3, 0.4) is 0 Å². The monoisotopic (exact) mass is 476 g/mol. The van der Waals surface area contributed by atoms with Gasteiger partial charge in [0.05, 0.1) is 18.3 Å². The van der Waals surface area contributed by atoms with Gasteiger partial charge in [-0.15, -0.1) is 11.3 Å². The highest BCUT2D eigenvalue weighted by molar-refractivity contribution is 9.10. The van der Waals surface area contributed by atoms with Crippen LogP contribution in [0.4, 0.5) is 5.13 Å². The molecule has 1 atom stereocenters. The molecular weight excluding hydrogens is 460 g/mol. The maximum absolute atomic E-state index is 13.2. The molecule has 0 aliphatic carbocycles. The average molecular weight is 478 g/mol. The molecule has 4 rings (SSSR count). The summed E-state index contributed by atoms with van der Waals surface area (Å²) in [6, 6.07) is 14.9. The van der Waals surface area contributed by atoms with Crippen LogP contribution in [-0.4, -0.2) is 30.1 Å². The number of carbonyl (C=O) groups excluding carboxylic acids is 1. The van der Waals surface area contributed by atoms with Gasteiger partial charge in [-0.3, -0.25) is 9.69 Å². The summed E-state index contributed by atoms with van der Waals surface area (Å²) in [7, 11) is 0. The van der Waals surface area contributed by atoms with Crippen LogP contribution in [0.1, 0.15) is 23.2 Å². The van der Waals surface area contributed by atoms with Crippen LogP contribution in [-0.2, 0) is 4.74 Å². The van der Waals surface area contributed by atoms with Gasteiger partial charge in [0.2, 0.25) is 0 Å². The third kappa shape index (κ3) is 4.46. The van der Waals surface area contributed by atoms with Crippen molar-refractivity contribution in [2.45, 2.75) is 18.9 Å². The molecule has 4 nitrogen and oxygen atoms in total. The van der Waals surface area contributed by atoms with E-state index in [1.165, 1.54) is 11.3 Å². The molecule has 1 saturated heterocycles. The maximum atomic E-state index is 13.2. The number of amides is 1. The molecule has 1 amide bonds. The number of rotatable bonds is 5. The van der Waals surface area contributed by atoms with Crippen LogP contribution in [0, 0.1) is 0 Å². The molecule has 0 bridgehead atoms. The normalized spacial score (nSPS) is 16.3. The van der Waals surface area contributed by atoms with E-state index in [1.807, 2.05) is 53.9 Å². The fourth-order valence-corrected chi connectivity index (χ4v) is 4.36. The zero-order valence-corrected chi connectivity index (χ0v) is 18.1. The molecule has 3 aromatic rings. The third-order valence-electron chi connectivity index (χ3n) is 4.61. The van der Waals surface area contributed by atoms with Crippen LogP contribution < -0.4 is 4.90 Å². The molecule has 2 heterocycles. The summed E-state index contributed by atoms with van der Waals surface area (Å²) in [5.41, 5.74) is 2.43. The van der Waals surface area contributed by atoms with Crippen molar-refractivity contribution in [3.63, 3.8) is 0 Å². The van der Waals surface area contributed by atoms with Gasteiger partial charge in [0.15, 0.2) is 5.13 Å². The van der Waals surface area contributed by atoms with E-state index >= 15 is 0 Å². The van der Waals surface area contributed by atoms with E-state index in [2.05, 4.69) is 15.9 Å². The fourth-order valence-electron chi connectivity index (χ4n) is 3.13. The molecular formula is C21H18BrClN2O2S. The van der Waals surface area contributed by atoms with Crippen LogP contribution in [0.25, 0.3) is 11.3 Å². The van der Waals surface area contributed by atoms with Gasteiger partial charge in [0.25, 0.3) is 5.91 Å². The highest BCUT2D eigenvalue weighted by atomic mass is 79.9. The number of hydrogen-bond acceptors (Lipinski definition) is 4. The zero-order chi connectivity index (χ0) is 19.5. The number of benzene rings is 2. The first kappa shape index (κ1) is 19.6. The van der Waals surface area contributed by atoms with E-state index in [4.69, 9.17) is 21.3 Å². The van der Waals surface area contributed by atoms with Crippen LogP contribution >= 0.6 is 38.9 Å². The van der Waals surface area contributed by atoms with Crippen molar-refractivity contribution in [3.8, 4) is 11.3 Å². The number of ether oxygens (including phenoxy) is 1. The Bertz CT molecular complexity index is 953. The van der Waals surface area contributed by atoms with E-state index < -0.39 is 0 Å². The molecule has 1 aliphatic rings. The smallest absolute Gasteiger partial charge is 0.260 e. The van der Waals surface area contributed by atoms with Gasteiger partial charge in [-0.2, -0.15) is 0 Å². The summed E-state index contributed by atoms with van der Waals surface area (Å²) in [4.78, 5) is 19.7. The number of carbonyl (C=O) groups is 1. The number of thiazole rings is 1. The lowest BCUT2D eigenvalue weighted by atomic mass is 10.1. The molecule has 0 saturated carbocycles. The Balaban J connectivity index is 1.64. The first-order valence-corrected chi connectivity index (χ1v) is 11.1. The molecule has 2 aromatic carbocycles. The minimum absolute atomic E-state index is 0.0438. The topological polar surface area (TPSA) is 42.4 Å². The predicted molar refractivity (Wildman–Crippen MR) is 117 cm³/mol. The molecule has 1 aliphatic heterocycles. The number of aromatic nitrogens is 1. The highest BCUT2D eigenvalue weighted by Gasteiger charge is 2.27. The quantitative estimate of drug-likeness (QED) is 0.449. The van der Waals surface area contributed by atoms with Crippen molar-refractivity contribution < 1.29 is 9.53 Å². The number of hydrogen-bond donors (Lipinski definition) is 0. The summed E-state index contributed by atoms with van der Waals surface area (Å²) in [5, 5.41) is 3.33. The Hall–Kier alpha value is -1.73. The summed E-state index contributed by atoms with van der Waals surface area (Å²) in [5.74, 6) is -0.0694. The second kappa shape index (κ2) is 8.74. The van der Waals surface area contributed by atoms with Gasteiger partial charge in [0, 0.05) is 32.6 Å². The SMILES string of the molecule is O=C(c1ccc(Br)cc1)N(C[C@@H]1CCCO1)c1nc(-c2ccc(Cl)cc2)cs1. The predicted octanol–water partition coefficient (Wildman–Crippen LogP) is 6.05. The standard InChI is InChI=1S/C21H18BrClN2O2S/c22-16-7-3-15(4-8-16)20(26)25(12-18-2-1-11-27-18)21-24-19(13-28-21)14-5-9-17(23)10-6-14/h3-10,13,18H,1-2,11-12H2/t18-/m0/s1. The molecule has 0 radical (unpaired) electrons. The molecule has 7 heteroatoms. The van der Waals surface area contributed by atoms with E-state index in [9.17, 15) is 4.79 Å². The van der Waals surface area contributed by atoms with Crippen LogP contribution in [0.5, 0.6) is 0 Å². The maximum Gasteiger partial charge on any atom is 0.260 e. The van der Waals surface area contributed by atoms with Gasteiger partial charge >= 0.3 is 0 Å². The second-order valence-electron chi connectivity index (χ2n) is 6.58. The Morgan fingerprint density at radius 1 is 1.21 bits per heavy atom. The molecule has 28 heavy (non-hydrogen) atoms. The molecule has 1 fully saturated rings. The van der Waals surface area contributed by atoms with Gasteiger partial charge < -0.3 is 4.74 Å². The lowest BCUT2D eigenvalue weighted by molar-refractivity contribution is 0.0917. The Morgan fingerprint density at radius 2 is 1.96 bits per heavy atom. The van der Waals surface area contributed by atoms with Gasteiger partial charge in [-0.1, -0.05) is 39.7 Å². The first-order chi connectivity index (χ1) is 13.6. The zero-order valence-electron chi connectivity index (χ0n) is 15.0. The minimum atomic E-state index is -0.0694. The number of halogens is 2. The average Bonchev–Trinajstić information content (AvgIpc) is 3.39. The van der Waals surface area contributed by atoms with Crippen molar-refractivity contribution in [1.82, 2.24) is 4.98 Å². The van der Waals surface area contributed by atoms with Gasteiger partial charge in [0.1, 0.15) is 0 Å². The Kier molecular flexibility index (Phi) is 6.11. The van der Waals surface area contributed by atoms with Crippen molar-refractivity contribution in [1.29, 1.82) is 0 Å². The molecule has 0 unspecified atom stereocenters. The summed E-state index contributed by atoms with van der Waals surface area (Å²) < 4.78 is 6.71. The lowest BCUT2D eigenvalue weighted by Crippen LogP contribution is -2.37. The Labute approximate surface area is 181 Å². The molecule has 1 aromatic heterocycles. The largest absolute Gasteiger partial charge is 0.376 e. The van der Waals surface area contributed by atoms with E-state index in [0.29, 0.717) is 22.3 Å². The van der Waals surface area contributed by atoms with Crippen LogP contribution in [0.2, 0.25) is 5.02 Å². The first-order valence-electron chi connectivity index (χ1n) is 9.00. The second-order valence-corrected chi connectivity index (χ2v) is 8.77. The third-order valence-corrected chi connectivity index (χ3v) is 6.25. The van der Waals surface area contributed by atoms with Crippen molar-refractivity contribution in [2.24, 2.45) is 0 Å². The van der Waals surface area contributed by atoms with Gasteiger partial charge in [-0.05, 0) is 49.2 Å². The van der Waals surface area contributed by atoms with E-state index in [1.54, 1.807) is 4.90 Å². The molecule has 144 valence electrons.